The van der Waals surface area contributed by atoms with Gasteiger partial charge in [-0.15, -0.1) is 24.8 Å². The monoisotopic (exact) mass is 936 g/mol. The fourth-order valence-electron chi connectivity index (χ4n) is 13.0. The zero-order valence-corrected chi connectivity index (χ0v) is 38.9. The zero-order chi connectivity index (χ0) is 35.8. The van der Waals surface area contributed by atoms with Crippen LogP contribution in [-0.4, -0.2) is 0 Å². The molecule has 1 aliphatic heterocycles. The van der Waals surface area contributed by atoms with E-state index in [1.54, 1.807) is 22.3 Å². The summed E-state index contributed by atoms with van der Waals surface area (Å²) in [5, 5.41) is 0. The van der Waals surface area contributed by atoms with Crippen LogP contribution in [0.1, 0.15) is 157 Å². The second-order valence-electron chi connectivity index (χ2n) is 18.8. The van der Waals surface area contributed by atoms with Gasteiger partial charge in [0.2, 0.25) is 0 Å². The predicted octanol–water partition coefficient (Wildman–Crippen LogP) is 16.4. The summed E-state index contributed by atoms with van der Waals surface area (Å²) < 4.78 is 3.58. The van der Waals surface area contributed by atoms with Crippen molar-refractivity contribution in [2.45, 2.75) is 131 Å². The van der Waals surface area contributed by atoms with Gasteiger partial charge in [-0.05, 0) is 0 Å². The van der Waals surface area contributed by atoms with Crippen LogP contribution in [0.25, 0.3) is 34.4 Å². The van der Waals surface area contributed by atoms with Crippen molar-refractivity contribution in [3.05, 3.63) is 129 Å². The van der Waals surface area contributed by atoms with Crippen molar-refractivity contribution in [2.24, 2.45) is 11.8 Å². The second-order valence-corrected chi connectivity index (χ2v) is 35.4. The van der Waals surface area contributed by atoms with E-state index in [0.29, 0.717) is 11.8 Å². The minimum absolute atomic E-state index is 0. The number of fused-ring (bicyclic) bond motifs is 3. The quantitative estimate of drug-likeness (QED) is 0.154. The molecule has 6 aliphatic rings. The molecule has 0 N–H and O–H groups in total. The molecule has 4 fully saturated rings. The molecule has 55 heavy (non-hydrogen) atoms. The molecule has 288 valence electrons. The first kappa shape index (κ1) is 39.6. The summed E-state index contributed by atoms with van der Waals surface area (Å²) in [6.07, 6.45) is 23.0. The molecule has 4 aromatic carbocycles. The van der Waals surface area contributed by atoms with Crippen molar-refractivity contribution in [2.75, 3.05) is 0 Å². The maximum atomic E-state index is 2.84. The fraction of sp³-hybridized carbons (Fsp3) is 0.462. The molecule has 0 radical (unpaired) electrons. The van der Waals surface area contributed by atoms with E-state index in [4.69, 9.17) is 0 Å². The number of halogens is 2. The molecule has 10 rings (SSSR count). The van der Waals surface area contributed by atoms with E-state index in [-0.39, 0.29) is 24.8 Å². The van der Waals surface area contributed by atoms with Crippen LogP contribution in [0.2, 0.25) is 7.35 Å². The Morgan fingerprint density at radius 1 is 0.455 bits per heavy atom. The average molecular weight is 936 g/mol. The summed E-state index contributed by atoms with van der Waals surface area (Å²) in [5.41, 5.74) is 19.3. The van der Waals surface area contributed by atoms with Gasteiger partial charge in [0.15, 0.2) is 0 Å². The number of benzene rings is 4. The van der Waals surface area contributed by atoms with E-state index >= 15 is 0 Å². The maximum Gasteiger partial charge on any atom is -0.147 e. The molecule has 5 aliphatic carbocycles. The Kier molecular flexibility index (Phi) is 11.4. The molecule has 1 heterocycles. The van der Waals surface area contributed by atoms with Crippen LogP contribution in [0, 0.1) is 11.8 Å². The zero-order valence-electron chi connectivity index (χ0n) is 33.7. The van der Waals surface area contributed by atoms with Crippen molar-refractivity contribution in [3.63, 3.8) is 0 Å². The van der Waals surface area contributed by atoms with Crippen molar-refractivity contribution in [1.82, 2.24) is 0 Å². The smallest absolute Gasteiger partial charge is 0.147 e. The van der Waals surface area contributed by atoms with Gasteiger partial charge in [-0.1, -0.05) is 0 Å². The third kappa shape index (κ3) is 6.48. The summed E-state index contributed by atoms with van der Waals surface area (Å²) in [6, 6.07) is 34.5. The van der Waals surface area contributed by atoms with E-state index in [9.17, 15) is 0 Å². The Labute approximate surface area is 349 Å². The largest absolute Gasteiger partial charge is 0.147 e. The fourth-order valence-corrected chi connectivity index (χ4v) is 48.6. The van der Waals surface area contributed by atoms with Gasteiger partial charge in [0.25, 0.3) is 0 Å². The Morgan fingerprint density at radius 3 is 1.18 bits per heavy atom. The van der Waals surface area contributed by atoms with Gasteiger partial charge in [-0.2, -0.15) is 0 Å². The molecule has 3 heteroatoms. The van der Waals surface area contributed by atoms with E-state index < -0.39 is 20.0 Å². The van der Waals surface area contributed by atoms with E-state index in [2.05, 4.69) is 125 Å². The number of hydrogen-bond acceptors (Lipinski definition) is 0. The van der Waals surface area contributed by atoms with Crippen LogP contribution < -0.4 is 0 Å². The van der Waals surface area contributed by atoms with Gasteiger partial charge >= 0.3 is 327 Å². The first-order chi connectivity index (χ1) is 25.9. The molecular formula is C52H62Cl2Hf. The third-order valence-electron chi connectivity index (χ3n) is 15.6. The molecule has 4 unspecified atom stereocenters. The Balaban J connectivity index is 0.00000214. The number of rotatable bonds is 8. The molecule has 4 atom stereocenters. The van der Waals surface area contributed by atoms with E-state index in [0.717, 1.165) is 26.5 Å². The molecule has 0 amide bonds. The van der Waals surface area contributed by atoms with Crippen LogP contribution in [0.5, 0.6) is 0 Å². The number of allylic oxidation sites excluding steroid dienone is 2. The molecule has 0 nitrogen and oxygen atoms in total. The van der Waals surface area contributed by atoms with Crippen molar-refractivity contribution in [3.8, 4) is 22.3 Å². The topological polar surface area (TPSA) is 0 Å². The molecule has 0 spiro atoms. The van der Waals surface area contributed by atoms with Crippen LogP contribution in [0.3, 0.4) is 0 Å². The standard InChI is InChI=1S/2C23H25.C6H10.2ClH.Hf/c2*1-16(2)17-10-12-19(13-11-17)22-9-5-8-20-14-21(15-23(20)22)18-6-3-4-7-18;1-2-4-6-5-3-1;;;/h2*5,8-16,18H,3-4,6-7H2,1-2H3;1-2H,3-6H2;2*1H;. The normalized spacial score (nSPS) is 26.9. The minimum Gasteiger partial charge on any atom is -0.147 e. The van der Waals surface area contributed by atoms with Crippen molar-refractivity contribution < 1.29 is 20.0 Å². The Morgan fingerprint density at radius 2 is 0.818 bits per heavy atom. The molecular weight excluding hydrogens is 874 g/mol. The van der Waals surface area contributed by atoms with Gasteiger partial charge in [-0.25, -0.2) is 0 Å². The molecule has 0 aromatic heterocycles. The molecule has 1 saturated heterocycles. The Bertz CT molecular complexity index is 1920. The first-order valence-electron chi connectivity index (χ1n) is 21.8. The van der Waals surface area contributed by atoms with Crippen LogP contribution in [0.4, 0.5) is 0 Å². The maximum absolute atomic E-state index is 3.33. The molecule has 0 bridgehead atoms. The van der Waals surface area contributed by atoms with Gasteiger partial charge in [0.1, 0.15) is 0 Å². The Hall–Kier alpha value is -2.19. The summed E-state index contributed by atoms with van der Waals surface area (Å²) >= 11 is -3.33. The summed E-state index contributed by atoms with van der Waals surface area (Å²) in [6.45, 7) is 9.27. The summed E-state index contributed by atoms with van der Waals surface area (Å²) in [7, 11) is 0. The average Bonchev–Trinajstić information content (AvgIpc) is 3.86. The van der Waals surface area contributed by atoms with E-state index in [1.165, 1.54) is 110 Å². The van der Waals surface area contributed by atoms with Crippen molar-refractivity contribution >= 4 is 37.0 Å². The SMILES string of the molecule is CC(C)c1ccc(-c2cccc3c2C=C(C2CCCC2)[CH]3[Hf]2([CH]3C(C4CCCC4)=Cc4c(-c5ccc(C(C)C)cc5)cccc43)[CH]3CCCC[CH]32)cc1.Cl.Cl. The van der Waals surface area contributed by atoms with Crippen LogP contribution in [0.15, 0.2) is 96.1 Å². The molecule has 4 aromatic rings. The van der Waals surface area contributed by atoms with E-state index in [1.807, 2.05) is 11.1 Å². The minimum atomic E-state index is -3.33. The number of hydrogen-bond donors (Lipinski definition) is 0. The van der Waals surface area contributed by atoms with Crippen LogP contribution in [-0.2, 0) is 20.0 Å². The van der Waals surface area contributed by atoms with Gasteiger partial charge in [0, 0.05) is 0 Å². The van der Waals surface area contributed by atoms with Gasteiger partial charge < -0.3 is 0 Å². The summed E-state index contributed by atoms with van der Waals surface area (Å²) in [5.74, 6) is 2.70. The summed E-state index contributed by atoms with van der Waals surface area (Å²) in [4.78, 5) is 0. The molecule has 3 saturated carbocycles. The van der Waals surface area contributed by atoms with Gasteiger partial charge in [0.05, 0.1) is 0 Å². The van der Waals surface area contributed by atoms with Crippen LogP contribution >= 0.6 is 24.8 Å². The second kappa shape index (κ2) is 15.9. The van der Waals surface area contributed by atoms with Crippen molar-refractivity contribution in [1.29, 1.82) is 0 Å². The predicted molar refractivity (Wildman–Crippen MR) is 238 cm³/mol. The first-order valence-corrected chi connectivity index (χ1v) is 30.1. The van der Waals surface area contributed by atoms with Gasteiger partial charge in [-0.3, -0.25) is 0 Å². The third-order valence-corrected chi connectivity index (χ3v) is 40.2.